The average molecular weight is 351 g/mol. The molecule has 3 aromatic rings. The van der Waals surface area contributed by atoms with Crippen molar-refractivity contribution in [2.24, 2.45) is 0 Å². The molecule has 1 aromatic carbocycles. The van der Waals surface area contributed by atoms with Crippen molar-refractivity contribution >= 4 is 22.5 Å². The number of fused-ring (bicyclic) bond motifs is 1. The van der Waals surface area contributed by atoms with Gasteiger partial charge in [-0.1, -0.05) is 23.4 Å². The SMILES string of the molecule is CC(=O)N[C@@]1(c2noc(C)n2)CCN(c2cc(C)nc3ccccc23)C1. The van der Waals surface area contributed by atoms with Crippen molar-refractivity contribution in [3.05, 3.63) is 47.7 Å². The van der Waals surface area contributed by atoms with Gasteiger partial charge in [-0.3, -0.25) is 9.78 Å². The maximum Gasteiger partial charge on any atom is 0.223 e. The van der Waals surface area contributed by atoms with Crippen LogP contribution in [-0.4, -0.2) is 34.1 Å². The predicted molar refractivity (Wildman–Crippen MR) is 97.8 cm³/mol. The van der Waals surface area contributed by atoms with Gasteiger partial charge in [0.15, 0.2) is 5.82 Å². The van der Waals surface area contributed by atoms with Crippen LogP contribution < -0.4 is 10.2 Å². The molecule has 7 heteroatoms. The molecular formula is C19H21N5O2. The Balaban J connectivity index is 1.76. The van der Waals surface area contributed by atoms with E-state index in [9.17, 15) is 4.79 Å². The molecule has 0 saturated carbocycles. The number of pyridine rings is 1. The van der Waals surface area contributed by atoms with Crippen LogP contribution in [0.25, 0.3) is 10.9 Å². The van der Waals surface area contributed by atoms with E-state index in [0.717, 1.165) is 28.8 Å². The third-order valence-electron chi connectivity index (χ3n) is 4.80. The van der Waals surface area contributed by atoms with Crippen LogP contribution in [0, 0.1) is 13.8 Å². The normalized spacial score (nSPS) is 19.9. The molecule has 1 atom stereocenters. The maximum absolute atomic E-state index is 11.9. The number of carbonyl (C=O) groups is 1. The molecule has 1 saturated heterocycles. The Kier molecular flexibility index (Phi) is 3.86. The number of rotatable bonds is 3. The first-order chi connectivity index (χ1) is 12.5. The van der Waals surface area contributed by atoms with Crippen LogP contribution in [0.15, 0.2) is 34.9 Å². The Labute approximate surface area is 151 Å². The van der Waals surface area contributed by atoms with E-state index in [1.165, 1.54) is 6.92 Å². The summed E-state index contributed by atoms with van der Waals surface area (Å²) in [6, 6.07) is 10.2. The minimum absolute atomic E-state index is 0.106. The summed E-state index contributed by atoms with van der Waals surface area (Å²) in [6.45, 7) is 6.63. The van der Waals surface area contributed by atoms with Crippen LogP contribution in [-0.2, 0) is 10.3 Å². The van der Waals surface area contributed by atoms with E-state index in [-0.39, 0.29) is 5.91 Å². The van der Waals surface area contributed by atoms with E-state index in [0.29, 0.717) is 24.7 Å². The van der Waals surface area contributed by atoms with E-state index < -0.39 is 5.54 Å². The van der Waals surface area contributed by atoms with E-state index in [1.807, 2.05) is 25.1 Å². The third kappa shape index (κ3) is 2.79. The zero-order chi connectivity index (χ0) is 18.3. The number of anilines is 1. The minimum atomic E-state index is -0.651. The second-order valence-electron chi connectivity index (χ2n) is 6.87. The van der Waals surface area contributed by atoms with Crippen molar-refractivity contribution in [3.8, 4) is 0 Å². The predicted octanol–water partition coefficient (Wildman–Crippen LogP) is 2.48. The van der Waals surface area contributed by atoms with Crippen molar-refractivity contribution in [2.75, 3.05) is 18.0 Å². The molecule has 1 amide bonds. The molecule has 1 fully saturated rings. The summed E-state index contributed by atoms with van der Waals surface area (Å²) in [6.07, 6.45) is 0.710. The molecular weight excluding hydrogens is 330 g/mol. The molecule has 134 valence electrons. The van der Waals surface area contributed by atoms with Crippen LogP contribution >= 0.6 is 0 Å². The Morgan fingerprint density at radius 2 is 2.08 bits per heavy atom. The minimum Gasteiger partial charge on any atom is -0.368 e. The second kappa shape index (κ2) is 6.09. The quantitative estimate of drug-likeness (QED) is 0.780. The van der Waals surface area contributed by atoms with Gasteiger partial charge < -0.3 is 14.7 Å². The van der Waals surface area contributed by atoms with Gasteiger partial charge in [0.2, 0.25) is 11.8 Å². The molecule has 1 N–H and O–H groups in total. The number of aryl methyl sites for hydroxylation is 2. The molecule has 1 aliphatic rings. The Bertz CT molecular complexity index is 983. The number of para-hydroxylation sites is 1. The topological polar surface area (TPSA) is 84.2 Å². The fourth-order valence-corrected chi connectivity index (χ4v) is 3.73. The summed E-state index contributed by atoms with van der Waals surface area (Å²) in [7, 11) is 0. The number of amides is 1. The molecule has 0 bridgehead atoms. The monoisotopic (exact) mass is 351 g/mol. The molecule has 0 unspecified atom stereocenters. The van der Waals surface area contributed by atoms with Crippen molar-refractivity contribution in [1.29, 1.82) is 0 Å². The summed E-state index contributed by atoms with van der Waals surface area (Å²) in [5, 5.41) is 8.26. The lowest BCUT2D eigenvalue weighted by Gasteiger charge is -2.28. The van der Waals surface area contributed by atoms with Crippen molar-refractivity contribution in [1.82, 2.24) is 20.4 Å². The van der Waals surface area contributed by atoms with Gasteiger partial charge in [-0.05, 0) is 25.5 Å². The first-order valence-electron chi connectivity index (χ1n) is 8.68. The molecule has 2 aromatic heterocycles. The molecule has 0 radical (unpaired) electrons. The Morgan fingerprint density at radius 1 is 1.27 bits per heavy atom. The number of hydrogen-bond donors (Lipinski definition) is 1. The van der Waals surface area contributed by atoms with E-state index in [1.54, 1.807) is 6.92 Å². The molecule has 1 aliphatic heterocycles. The Hall–Kier alpha value is -2.96. The smallest absolute Gasteiger partial charge is 0.223 e. The zero-order valence-corrected chi connectivity index (χ0v) is 15.1. The molecule has 3 heterocycles. The number of hydrogen-bond acceptors (Lipinski definition) is 6. The lowest BCUT2D eigenvalue weighted by Crippen LogP contribution is -2.48. The number of nitrogens with zero attached hydrogens (tertiary/aromatic N) is 4. The van der Waals surface area contributed by atoms with Gasteiger partial charge in [-0.15, -0.1) is 0 Å². The standard InChI is InChI=1S/C19H21N5O2/c1-12-10-17(15-6-4-5-7-16(15)20-12)24-9-8-19(11-24,22-13(2)25)18-21-14(3)26-23-18/h4-7,10H,8-9,11H2,1-3H3,(H,22,25)/t19-/m0/s1. The summed E-state index contributed by atoms with van der Waals surface area (Å²) in [5.74, 6) is 0.918. The van der Waals surface area contributed by atoms with Crippen LogP contribution in [0.1, 0.15) is 30.8 Å². The van der Waals surface area contributed by atoms with Crippen molar-refractivity contribution in [2.45, 2.75) is 32.7 Å². The highest BCUT2D eigenvalue weighted by Crippen LogP contribution is 2.36. The van der Waals surface area contributed by atoms with E-state index >= 15 is 0 Å². The lowest BCUT2D eigenvalue weighted by molar-refractivity contribution is -0.120. The molecule has 0 aliphatic carbocycles. The van der Waals surface area contributed by atoms with Gasteiger partial charge in [0.1, 0.15) is 5.54 Å². The fraction of sp³-hybridized carbons (Fsp3) is 0.368. The fourth-order valence-electron chi connectivity index (χ4n) is 3.73. The molecule has 26 heavy (non-hydrogen) atoms. The first kappa shape index (κ1) is 16.5. The number of nitrogens with one attached hydrogen (secondary N) is 1. The highest BCUT2D eigenvalue weighted by atomic mass is 16.5. The number of carbonyl (C=O) groups excluding carboxylic acids is 1. The lowest BCUT2D eigenvalue weighted by atomic mass is 9.97. The summed E-state index contributed by atoms with van der Waals surface area (Å²) >= 11 is 0. The largest absolute Gasteiger partial charge is 0.368 e. The molecule has 0 spiro atoms. The van der Waals surface area contributed by atoms with Gasteiger partial charge in [0, 0.05) is 43.7 Å². The van der Waals surface area contributed by atoms with E-state index in [4.69, 9.17) is 4.52 Å². The van der Waals surface area contributed by atoms with Crippen molar-refractivity contribution < 1.29 is 9.32 Å². The average Bonchev–Trinajstić information content (AvgIpc) is 3.21. The van der Waals surface area contributed by atoms with Crippen LogP contribution in [0.5, 0.6) is 0 Å². The zero-order valence-electron chi connectivity index (χ0n) is 15.1. The van der Waals surface area contributed by atoms with Crippen LogP contribution in [0.4, 0.5) is 5.69 Å². The van der Waals surface area contributed by atoms with Crippen LogP contribution in [0.3, 0.4) is 0 Å². The van der Waals surface area contributed by atoms with Gasteiger partial charge in [-0.2, -0.15) is 4.98 Å². The van der Waals surface area contributed by atoms with Crippen LogP contribution in [0.2, 0.25) is 0 Å². The molecule has 4 rings (SSSR count). The third-order valence-corrected chi connectivity index (χ3v) is 4.80. The van der Waals surface area contributed by atoms with Gasteiger partial charge in [0.05, 0.1) is 5.52 Å². The highest BCUT2D eigenvalue weighted by molar-refractivity contribution is 5.92. The summed E-state index contributed by atoms with van der Waals surface area (Å²) in [5.41, 5.74) is 2.39. The van der Waals surface area contributed by atoms with Gasteiger partial charge in [-0.25, -0.2) is 0 Å². The number of aromatic nitrogens is 3. The Morgan fingerprint density at radius 3 is 2.81 bits per heavy atom. The van der Waals surface area contributed by atoms with Gasteiger partial charge in [0.25, 0.3) is 0 Å². The second-order valence-corrected chi connectivity index (χ2v) is 6.87. The van der Waals surface area contributed by atoms with E-state index in [2.05, 4.69) is 37.5 Å². The summed E-state index contributed by atoms with van der Waals surface area (Å²) < 4.78 is 5.17. The first-order valence-corrected chi connectivity index (χ1v) is 8.68. The maximum atomic E-state index is 11.9. The van der Waals surface area contributed by atoms with Crippen molar-refractivity contribution in [3.63, 3.8) is 0 Å². The summed E-state index contributed by atoms with van der Waals surface area (Å²) in [4.78, 5) is 23.1. The molecule has 7 nitrogen and oxygen atoms in total. The van der Waals surface area contributed by atoms with Gasteiger partial charge >= 0.3 is 0 Å². The highest BCUT2D eigenvalue weighted by Gasteiger charge is 2.44. The number of benzene rings is 1.